The minimum absolute atomic E-state index is 0.117. The number of benzene rings is 3. The van der Waals surface area contributed by atoms with Crippen LogP contribution in [0.2, 0.25) is 0 Å². The summed E-state index contributed by atoms with van der Waals surface area (Å²) in [6.45, 7) is 4.54. The molecule has 2 N–H and O–H groups in total. The second-order valence-corrected chi connectivity index (χ2v) is 14.9. The van der Waals surface area contributed by atoms with Crippen LogP contribution < -0.4 is 10.2 Å². The molecule has 0 bridgehead atoms. The van der Waals surface area contributed by atoms with E-state index in [2.05, 4.69) is 80.6 Å². The number of rotatable bonds is 15. The van der Waals surface area contributed by atoms with E-state index >= 15 is 0 Å². The SMILES string of the molecule is CCCCCCC1(CCCCCC)c2cc(B(O)O)ccc2-c2ccc(-c3ccc(-c4ccc(-c5ccc(OC)cc5)s4)s3)cc21. The van der Waals surface area contributed by atoms with E-state index in [1.807, 2.05) is 40.9 Å². The molecule has 0 unspecified atom stereocenters. The van der Waals surface area contributed by atoms with E-state index in [-0.39, 0.29) is 5.41 Å². The third-order valence-electron chi connectivity index (χ3n) is 9.71. The summed E-state index contributed by atoms with van der Waals surface area (Å²) < 4.78 is 5.34. The molecule has 6 heteroatoms. The zero-order valence-corrected chi connectivity index (χ0v) is 29.0. The maximum Gasteiger partial charge on any atom is 0.488 e. The number of methoxy groups -OCH3 is 1. The van der Waals surface area contributed by atoms with Gasteiger partial charge in [-0.05, 0) is 106 Å². The molecule has 1 aliphatic rings. The Morgan fingerprint density at radius 1 is 0.587 bits per heavy atom. The normalized spacial score (nSPS) is 13.1. The number of hydrogen-bond acceptors (Lipinski definition) is 5. The van der Waals surface area contributed by atoms with Gasteiger partial charge in [-0.1, -0.05) is 95.5 Å². The number of thiophene rings is 2. The zero-order chi connectivity index (χ0) is 32.1. The van der Waals surface area contributed by atoms with Gasteiger partial charge < -0.3 is 14.8 Å². The molecule has 2 heterocycles. The Morgan fingerprint density at radius 2 is 1.11 bits per heavy atom. The van der Waals surface area contributed by atoms with Gasteiger partial charge in [0.2, 0.25) is 0 Å². The molecule has 0 aliphatic heterocycles. The smallest absolute Gasteiger partial charge is 0.488 e. The Hall–Kier alpha value is -3.16. The summed E-state index contributed by atoms with van der Waals surface area (Å²) >= 11 is 3.69. The molecule has 6 rings (SSSR count). The van der Waals surface area contributed by atoms with Gasteiger partial charge in [-0.3, -0.25) is 0 Å². The molecule has 1 aliphatic carbocycles. The van der Waals surface area contributed by atoms with Crippen LogP contribution in [-0.4, -0.2) is 24.3 Å². The molecule has 0 amide bonds. The van der Waals surface area contributed by atoms with E-state index in [0.717, 1.165) is 18.6 Å². The van der Waals surface area contributed by atoms with Crippen molar-refractivity contribution < 1.29 is 14.8 Å². The van der Waals surface area contributed by atoms with Gasteiger partial charge in [0, 0.05) is 24.9 Å². The Bertz CT molecular complexity index is 1740. The van der Waals surface area contributed by atoms with Gasteiger partial charge in [-0.25, -0.2) is 0 Å². The number of unbranched alkanes of at least 4 members (excludes halogenated alkanes) is 6. The molecule has 0 radical (unpaired) electrons. The molecule has 238 valence electrons. The summed E-state index contributed by atoms with van der Waals surface area (Å²) in [7, 11) is 0.237. The van der Waals surface area contributed by atoms with Crippen LogP contribution >= 0.6 is 22.7 Å². The highest BCUT2D eigenvalue weighted by atomic mass is 32.1. The topological polar surface area (TPSA) is 49.7 Å². The summed E-state index contributed by atoms with van der Waals surface area (Å²) in [6, 6.07) is 30.5. The Labute approximate surface area is 283 Å². The number of hydrogen-bond donors (Lipinski definition) is 2. The van der Waals surface area contributed by atoms with Gasteiger partial charge in [-0.2, -0.15) is 0 Å². The average molecular weight is 649 g/mol. The summed E-state index contributed by atoms with van der Waals surface area (Å²) in [5.41, 5.74) is 8.22. The highest BCUT2D eigenvalue weighted by Crippen LogP contribution is 2.55. The Balaban J connectivity index is 1.36. The van der Waals surface area contributed by atoms with Crippen LogP contribution in [-0.2, 0) is 5.41 Å². The van der Waals surface area contributed by atoms with Crippen molar-refractivity contribution in [2.45, 2.75) is 83.5 Å². The quantitative estimate of drug-likeness (QED) is 0.0877. The largest absolute Gasteiger partial charge is 0.497 e. The highest BCUT2D eigenvalue weighted by molar-refractivity contribution is 7.25. The molecule has 2 aromatic heterocycles. The van der Waals surface area contributed by atoms with Crippen molar-refractivity contribution in [3.05, 3.63) is 96.1 Å². The second kappa shape index (κ2) is 14.7. The molecule has 46 heavy (non-hydrogen) atoms. The van der Waals surface area contributed by atoms with Gasteiger partial charge in [-0.15, -0.1) is 22.7 Å². The average Bonchev–Trinajstić information content (AvgIpc) is 3.83. The van der Waals surface area contributed by atoms with Gasteiger partial charge in [0.05, 0.1) is 7.11 Å². The molecular weight excluding hydrogens is 603 g/mol. The van der Waals surface area contributed by atoms with Crippen molar-refractivity contribution in [1.82, 2.24) is 0 Å². The van der Waals surface area contributed by atoms with Crippen molar-refractivity contribution in [2.24, 2.45) is 0 Å². The van der Waals surface area contributed by atoms with Gasteiger partial charge in [0.15, 0.2) is 0 Å². The summed E-state index contributed by atoms with van der Waals surface area (Å²) in [4.78, 5) is 5.11. The lowest BCUT2D eigenvalue weighted by molar-refractivity contribution is 0.400. The molecule has 0 spiro atoms. The molecule has 0 fully saturated rings. The van der Waals surface area contributed by atoms with Crippen molar-refractivity contribution in [3.63, 3.8) is 0 Å². The monoisotopic (exact) mass is 648 g/mol. The fourth-order valence-corrected chi connectivity index (χ4v) is 9.31. The summed E-state index contributed by atoms with van der Waals surface area (Å²) in [6.07, 6.45) is 11.9. The van der Waals surface area contributed by atoms with E-state index in [9.17, 15) is 10.0 Å². The van der Waals surface area contributed by atoms with E-state index in [0.29, 0.717) is 5.46 Å². The van der Waals surface area contributed by atoms with Crippen LogP contribution in [0.25, 0.3) is 41.8 Å². The van der Waals surface area contributed by atoms with E-state index in [1.165, 1.54) is 104 Å². The molecule has 0 saturated heterocycles. The molecule has 0 atom stereocenters. The maximum absolute atomic E-state index is 10.2. The first-order valence-electron chi connectivity index (χ1n) is 17.0. The maximum atomic E-state index is 10.2. The lowest BCUT2D eigenvalue weighted by Gasteiger charge is -2.33. The van der Waals surface area contributed by atoms with E-state index in [4.69, 9.17) is 4.74 Å². The van der Waals surface area contributed by atoms with E-state index < -0.39 is 7.12 Å². The highest BCUT2D eigenvalue weighted by Gasteiger charge is 2.43. The minimum Gasteiger partial charge on any atom is -0.497 e. The van der Waals surface area contributed by atoms with Crippen LogP contribution in [0.15, 0.2) is 84.9 Å². The Morgan fingerprint density at radius 3 is 1.67 bits per heavy atom. The standard InChI is InChI=1S/C40H45BO3S2/c1-4-6-8-10-24-40(25-11-9-7-5-2)34-26-29(14-18-32(34)33-19-15-30(41(42)43)27-35(33)40)37-21-23-39(46-37)38-22-20-36(45-38)28-12-16-31(44-3)17-13-28/h12-23,26-27,42-43H,4-11,24-25H2,1-3H3. The van der Waals surface area contributed by atoms with Crippen LogP contribution in [0.5, 0.6) is 5.75 Å². The van der Waals surface area contributed by atoms with Crippen molar-refractivity contribution in [3.8, 4) is 47.5 Å². The summed E-state index contributed by atoms with van der Waals surface area (Å²) in [5, 5.41) is 20.3. The molecule has 3 nitrogen and oxygen atoms in total. The van der Waals surface area contributed by atoms with Crippen molar-refractivity contribution >= 4 is 35.3 Å². The van der Waals surface area contributed by atoms with Gasteiger partial charge in [0.25, 0.3) is 0 Å². The molecule has 5 aromatic rings. The first-order chi connectivity index (χ1) is 22.5. The lowest BCUT2D eigenvalue weighted by atomic mass is 9.68. The van der Waals surface area contributed by atoms with Crippen molar-refractivity contribution in [2.75, 3.05) is 7.11 Å². The fraction of sp³-hybridized carbons (Fsp3) is 0.350. The molecule has 3 aromatic carbocycles. The summed E-state index contributed by atoms with van der Waals surface area (Å²) in [5.74, 6) is 0.873. The van der Waals surface area contributed by atoms with Crippen LogP contribution in [0.4, 0.5) is 0 Å². The van der Waals surface area contributed by atoms with Gasteiger partial charge >= 0.3 is 7.12 Å². The lowest BCUT2D eigenvalue weighted by Crippen LogP contribution is -2.32. The third-order valence-corrected chi connectivity index (χ3v) is 12.2. The first-order valence-corrected chi connectivity index (χ1v) is 18.6. The molecular formula is C40H45BO3S2. The fourth-order valence-electron chi connectivity index (χ4n) is 7.20. The van der Waals surface area contributed by atoms with Crippen LogP contribution in [0.1, 0.15) is 89.2 Å². The van der Waals surface area contributed by atoms with Crippen LogP contribution in [0, 0.1) is 0 Å². The zero-order valence-electron chi connectivity index (χ0n) is 27.4. The van der Waals surface area contributed by atoms with Crippen LogP contribution in [0.3, 0.4) is 0 Å². The van der Waals surface area contributed by atoms with Gasteiger partial charge in [0.1, 0.15) is 5.75 Å². The molecule has 0 saturated carbocycles. The predicted molar refractivity (Wildman–Crippen MR) is 199 cm³/mol. The number of ether oxygens (including phenoxy) is 1. The third kappa shape index (κ3) is 6.64. The second-order valence-electron chi connectivity index (χ2n) is 12.7. The Kier molecular flexibility index (Phi) is 10.5. The number of fused-ring (bicyclic) bond motifs is 3. The first kappa shape index (κ1) is 32.8. The van der Waals surface area contributed by atoms with E-state index in [1.54, 1.807) is 7.11 Å². The minimum atomic E-state index is -1.46. The van der Waals surface area contributed by atoms with Crippen molar-refractivity contribution in [1.29, 1.82) is 0 Å². The predicted octanol–water partition coefficient (Wildman–Crippen LogP) is 10.7.